The van der Waals surface area contributed by atoms with E-state index in [-0.39, 0.29) is 34.0 Å². The zero-order valence-electron chi connectivity index (χ0n) is 17.6. The molecular formula is C19H13F5N4O5S2. The van der Waals surface area contributed by atoms with Gasteiger partial charge in [-0.2, -0.15) is 13.2 Å². The van der Waals surface area contributed by atoms with E-state index in [1.165, 1.54) is 25.1 Å². The second-order valence-corrected chi connectivity index (χ2v) is 10.2. The summed E-state index contributed by atoms with van der Waals surface area (Å²) >= 11 is 0.0825. The summed E-state index contributed by atoms with van der Waals surface area (Å²) in [6.07, 6.45) is -7.67. The molecule has 0 saturated carbocycles. The number of aromatic nitrogens is 3. The van der Waals surface area contributed by atoms with Crippen LogP contribution in [0, 0.1) is 0 Å². The van der Waals surface area contributed by atoms with Crippen LogP contribution in [0.5, 0.6) is 11.5 Å². The molecule has 0 radical (unpaired) electrons. The van der Waals surface area contributed by atoms with Gasteiger partial charge in [0.1, 0.15) is 5.69 Å². The average Bonchev–Trinajstić information content (AvgIpc) is 3.41. The number of sulfone groups is 1. The number of carbonyl (C=O) groups is 1. The first-order valence-electron chi connectivity index (χ1n) is 9.54. The lowest BCUT2D eigenvalue weighted by atomic mass is 10.1. The quantitative estimate of drug-likeness (QED) is 0.450. The standard InChI is InChI=1S/C19H13F5N4O5S2/c1-3-35(30,31)12-7-9(10-5-4-6-11-14(10)33-19(23,24)32-11)8-25-13(12)15(29)28(2)17-27-26-16(34-17)18(20,21)22/h4-8H,3H2,1-2H3. The van der Waals surface area contributed by atoms with Gasteiger partial charge in [0, 0.05) is 24.4 Å². The van der Waals surface area contributed by atoms with E-state index in [2.05, 4.69) is 24.7 Å². The van der Waals surface area contributed by atoms with Crippen molar-refractivity contribution in [1.82, 2.24) is 15.2 Å². The number of pyridine rings is 1. The van der Waals surface area contributed by atoms with E-state index in [0.29, 0.717) is 4.90 Å². The molecule has 1 amide bonds. The van der Waals surface area contributed by atoms with Crippen LogP contribution in [-0.2, 0) is 16.0 Å². The molecular weight excluding hydrogens is 523 g/mol. The van der Waals surface area contributed by atoms with E-state index in [9.17, 15) is 35.2 Å². The molecule has 186 valence electrons. The maximum Gasteiger partial charge on any atom is 0.586 e. The SMILES string of the molecule is CCS(=O)(=O)c1cc(-c2cccc3c2OC(F)(F)O3)cnc1C(=O)N(C)c1nnc(C(F)(F)F)s1. The third-order valence-corrected chi connectivity index (χ3v) is 7.54. The van der Waals surface area contributed by atoms with Crippen molar-refractivity contribution >= 4 is 32.2 Å². The Balaban J connectivity index is 1.78. The summed E-state index contributed by atoms with van der Waals surface area (Å²) in [7, 11) is -3.04. The lowest BCUT2D eigenvalue weighted by Crippen LogP contribution is -2.29. The van der Waals surface area contributed by atoms with Crippen molar-refractivity contribution in [1.29, 1.82) is 0 Å². The lowest BCUT2D eigenvalue weighted by molar-refractivity contribution is -0.286. The zero-order chi connectivity index (χ0) is 25.8. The number of alkyl halides is 5. The van der Waals surface area contributed by atoms with Crippen molar-refractivity contribution < 1.29 is 44.6 Å². The number of amides is 1. The van der Waals surface area contributed by atoms with Crippen LogP contribution >= 0.6 is 11.3 Å². The number of benzene rings is 1. The third kappa shape index (κ3) is 4.62. The molecule has 0 saturated heterocycles. The fourth-order valence-corrected chi connectivity index (χ4v) is 4.78. The minimum Gasteiger partial charge on any atom is -0.395 e. The second-order valence-electron chi connectivity index (χ2n) is 7.03. The van der Waals surface area contributed by atoms with Crippen molar-refractivity contribution in [2.75, 3.05) is 17.7 Å². The van der Waals surface area contributed by atoms with Crippen LogP contribution in [0.2, 0.25) is 0 Å². The number of halogens is 5. The highest BCUT2D eigenvalue weighted by molar-refractivity contribution is 7.91. The van der Waals surface area contributed by atoms with E-state index >= 15 is 0 Å². The Bertz CT molecular complexity index is 1430. The molecule has 3 aromatic rings. The summed E-state index contributed by atoms with van der Waals surface area (Å²) in [5.41, 5.74) is -0.562. The molecule has 9 nitrogen and oxygen atoms in total. The third-order valence-electron chi connectivity index (χ3n) is 4.76. The zero-order valence-corrected chi connectivity index (χ0v) is 19.3. The Kier molecular flexibility index (Phi) is 5.91. The van der Waals surface area contributed by atoms with Crippen molar-refractivity contribution in [3.63, 3.8) is 0 Å². The highest BCUT2D eigenvalue weighted by Gasteiger charge is 2.45. The van der Waals surface area contributed by atoms with Crippen molar-refractivity contribution in [3.05, 3.63) is 41.2 Å². The molecule has 0 aliphatic carbocycles. The number of nitrogens with zero attached hydrogens (tertiary/aromatic N) is 4. The number of para-hydroxylation sites is 1. The molecule has 1 aromatic carbocycles. The maximum absolute atomic E-state index is 13.6. The van der Waals surface area contributed by atoms with Gasteiger partial charge in [-0.3, -0.25) is 9.69 Å². The van der Waals surface area contributed by atoms with Gasteiger partial charge in [0.15, 0.2) is 21.3 Å². The van der Waals surface area contributed by atoms with E-state index in [0.717, 1.165) is 19.3 Å². The molecule has 0 fully saturated rings. The number of hydrogen-bond acceptors (Lipinski definition) is 9. The van der Waals surface area contributed by atoms with Gasteiger partial charge in [0.05, 0.1) is 10.6 Å². The smallest absolute Gasteiger partial charge is 0.395 e. The first-order valence-corrected chi connectivity index (χ1v) is 12.0. The summed E-state index contributed by atoms with van der Waals surface area (Å²) in [5.74, 6) is -2.17. The molecule has 0 spiro atoms. The van der Waals surface area contributed by atoms with Crippen LogP contribution in [0.3, 0.4) is 0 Å². The van der Waals surface area contributed by atoms with Gasteiger partial charge in [-0.1, -0.05) is 30.4 Å². The molecule has 1 aliphatic rings. The highest BCUT2D eigenvalue weighted by Crippen LogP contribution is 2.47. The molecule has 0 unspecified atom stereocenters. The Morgan fingerprint density at radius 3 is 2.54 bits per heavy atom. The highest BCUT2D eigenvalue weighted by atomic mass is 32.2. The largest absolute Gasteiger partial charge is 0.586 e. The van der Waals surface area contributed by atoms with E-state index < -0.39 is 54.7 Å². The van der Waals surface area contributed by atoms with E-state index in [4.69, 9.17) is 0 Å². The Morgan fingerprint density at radius 1 is 1.20 bits per heavy atom. The maximum atomic E-state index is 13.6. The summed E-state index contributed by atoms with van der Waals surface area (Å²) < 4.78 is 100. The van der Waals surface area contributed by atoms with E-state index in [1.807, 2.05) is 0 Å². The number of hydrogen-bond donors (Lipinski definition) is 0. The molecule has 0 bridgehead atoms. The lowest BCUT2D eigenvalue weighted by Gasteiger charge is -2.16. The predicted molar refractivity (Wildman–Crippen MR) is 111 cm³/mol. The van der Waals surface area contributed by atoms with Crippen LogP contribution in [0.25, 0.3) is 11.1 Å². The molecule has 3 heterocycles. The van der Waals surface area contributed by atoms with Crippen LogP contribution in [-0.4, -0.2) is 48.6 Å². The number of carbonyl (C=O) groups excluding carboxylic acids is 1. The fourth-order valence-electron chi connectivity index (χ4n) is 3.05. The first kappa shape index (κ1) is 24.7. The van der Waals surface area contributed by atoms with Crippen LogP contribution in [0.4, 0.5) is 27.1 Å². The molecule has 2 aromatic heterocycles. The Hall–Kier alpha value is -3.40. The Morgan fingerprint density at radius 2 is 1.91 bits per heavy atom. The van der Waals surface area contributed by atoms with Crippen molar-refractivity contribution in [3.8, 4) is 22.6 Å². The van der Waals surface area contributed by atoms with Crippen LogP contribution < -0.4 is 14.4 Å². The Labute approximate surface area is 198 Å². The second kappa shape index (κ2) is 8.37. The molecule has 0 N–H and O–H groups in total. The monoisotopic (exact) mass is 536 g/mol. The minimum atomic E-state index is -4.78. The van der Waals surface area contributed by atoms with Gasteiger partial charge in [-0.05, 0) is 12.1 Å². The average molecular weight is 536 g/mol. The molecule has 4 rings (SSSR count). The van der Waals surface area contributed by atoms with Gasteiger partial charge >= 0.3 is 12.5 Å². The summed E-state index contributed by atoms with van der Waals surface area (Å²) in [6, 6.07) is 4.99. The van der Waals surface area contributed by atoms with Gasteiger partial charge in [0.25, 0.3) is 5.91 Å². The number of ether oxygens (including phenoxy) is 2. The number of fused-ring (bicyclic) bond motifs is 1. The topological polar surface area (TPSA) is 112 Å². The summed E-state index contributed by atoms with van der Waals surface area (Å²) in [5, 5.41) is 4.59. The number of rotatable bonds is 5. The molecule has 16 heteroatoms. The minimum absolute atomic E-state index is 0.0182. The summed E-state index contributed by atoms with van der Waals surface area (Å²) in [4.78, 5) is 17.1. The van der Waals surface area contributed by atoms with Gasteiger partial charge in [-0.25, -0.2) is 13.4 Å². The normalized spacial score (nSPS) is 14.7. The predicted octanol–water partition coefficient (Wildman–Crippen LogP) is 4.01. The van der Waals surface area contributed by atoms with Gasteiger partial charge in [0.2, 0.25) is 10.1 Å². The van der Waals surface area contributed by atoms with Gasteiger partial charge in [-0.15, -0.1) is 19.0 Å². The first-order chi connectivity index (χ1) is 16.2. The van der Waals surface area contributed by atoms with Crippen molar-refractivity contribution in [2.45, 2.75) is 24.3 Å². The van der Waals surface area contributed by atoms with Gasteiger partial charge < -0.3 is 9.47 Å². The van der Waals surface area contributed by atoms with Crippen LogP contribution in [0.1, 0.15) is 22.4 Å². The fraction of sp³-hybridized carbons (Fsp3) is 0.263. The molecule has 35 heavy (non-hydrogen) atoms. The summed E-state index contributed by atoms with van der Waals surface area (Å²) in [6.45, 7) is 1.30. The van der Waals surface area contributed by atoms with Crippen molar-refractivity contribution in [2.24, 2.45) is 0 Å². The molecule has 1 aliphatic heterocycles. The number of anilines is 1. The van der Waals surface area contributed by atoms with E-state index in [1.54, 1.807) is 0 Å². The van der Waals surface area contributed by atoms with Crippen LogP contribution in [0.15, 0.2) is 35.4 Å². The molecule has 0 atom stereocenters.